The maximum absolute atomic E-state index is 14.0. The highest BCUT2D eigenvalue weighted by Gasteiger charge is 2.63. The number of likely N-dealkylation sites (N-methyl/N-ethyl adjacent to an activating group) is 1. The van der Waals surface area contributed by atoms with Gasteiger partial charge in [-0.3, -0.25) is 24.1 Å². The second-order valence-electron chi connectivity index (χ2n) is 11.0. The van der Waals surface area contributed by atoms with Crippen LogP contribution in [0.3, 0.4) is 0 Å². The van der Waals surface area contributed by atoms with Crippen LogP contribution < -0.4 is 21.3 Å². The highest BCUT2D eigenvalue weighted by atomic mass is 35.5. The quantitative estimate of drug-likeness (QED) is 0.102. The lowest BCUT2D eigenvalue weighted by Crippen LogP contribution is -2.63. The van der Waals surface area contributed by atoms with Crippen LogP contribution in [0.1, 0.15) is 22.3 Å². The van der Waals surface area contributed by atoms with Crippen LogP contribution in [-0.2, 0) is 20.8 Å². The fourth-order valence-corrected chi connectivity index (χ4v) is 6.27. The number of nitrogens with zero attached hydrogens (tertiary/aromatic N) is 2. The molecular formula is C27H36ClN5O9. The van der Waals surface area contributed by atoms with E-state index < -0.39 is 69.7 Å². The third kappa shape index (κ3) is 4.98. The SMILES string of the molecule is CN(C)c1cc(NC(=O)CNCCO)c(O)c2c1CC1CC3[C@H](N(C)C)C(O)=C(C(N)=O)C(=O)[C@@]3(O)C(O)=C1C2=O.Cl. The topological polar surface area (TPSA) is 226 Å². The maximum Gasteiger partial charge on any atom is 0.255 e. The van der Waals surface area contributed by atoms with Crippen molar-refractivity contribution in [2.75, 3.05) is 58.1 Å². The first-order valence-corrected chi connectivity index (χ1v) is 13.0. The number of hydrogen-bond donors (Lipinski definition) is 8. The minimum Gasteiger partial charge on any atom is -0.510 e. The smallest absolute Gasteiger partial charge is 0.255 e. The summed E-state index contributed by atoms with van der Waals surface area (Å²) >= 11 is 0. The highest BCUT2D eigenvalue weighted by molar-refractivity contribution is 6.25. The Morgan fingerprint density at radius 1 is 1.14 bits per heavy atom. The van der Waals surface area contributed by atoms with Crippen LogP contribution in [0.2, 0.25) is 0 Å². The van der Waals surface area contributed by atoms with Gasteiger partial charge in [0.25, 0.3) is 5.91 Å². The van der Waals surface area contributed by atoms with Gasteiger partial charge in [0.2, 0.25) is 11.7 Å². The molecule has 0 aromatic heterocycles. The van der Waals surface area contributed by atoms with Gasteiger partial charge in [-0.2, -0.15) is 0 Å². The first kappa shape index (κ1) is 32.8. The predicted molar refractivity (Wildman–Crippen MR) is 154 cm³/mol. The van der Waals surface area contributed by atoms with Crippen molar-refractivity contribution in [2.24, 2.45) is 17.6 Å². The van der Waals surface area contributed by atoms with Crippen molar-refractivity contribution < 1.29 is 44.7 Å². The molecular weight excluding hydrogens is 574 g/mol. The Morgan fingerprint density at radius 3 is 2.33 bits per heavy atom. The van der Waals surface area contributed by atoms with Crippen molar-refractivity contribution in [1.82, 2.24) is 10.2 Å². The second kappa shape index (κ2) is 11.9. The van der Waals surface area contributed by atoms with Crippen molar-refractivity contribution in [2.45, 2.75) is 24.5 Å². The number of anilines is 2. The number of nitrogens with two attached hydrogens (primary N) is 1. The van der Waals surface area contributed by atoms with Crippen LogP contribution in [0, 0.1) is 11.8 Å². The summed E-state index contributed by atoms with van der Waals surface area (Å²) in [4.78, 5) is 55.1. The van der Waals surface area contributed by atoms with Gasteiger partial charge in [0.05, 0.1) is 30.4 Å². The zero-order valence-electron chi connectivity index (χ0n) is 23.6. The number of aliphatic hydroxyl groups excluding tert-OH is 3. The number of aromatic hydroxyl groups is 1. The van der Waals surface area contributed by atoms with E-state index in [4.69, 9.17) is 10.8 Å². The van der Waals surface area contributed by atoms with Crippen molar-refractivity contribution in [3.05, 3.63) is 39.9 Å². The minimum atomic E-state index is -2.74. The van der Waals surface area contributed by atoms with E-state index >= 15 is 0 Å². The zero-order valence-corrected chi connectivity index (χ0v) is 24.4. The van der Waals surface area contributed by atoms with E-state index in [1.54, 1.807) is 33.1 Å². The summed E-state index contributed by atoms with van der Waals surface area (Å²) < 4.78 is 0. The van der Waals surface area contributed by atoms with Crippen LogP contribution in [0.5, 0.6) is 5.75 Å². The normalized spacial score (nSPS) is 25.0. The highest BCUT2D eigenvalue weighted by Crippen LogP contribution is 2.53. The molecule has 42 heavy (non-hydrogen) atoms. The molecule has 0 saturated heterocycles. The van der Waals surface area contributed by atoms with Gasteiger partial charge in [-0.25, -0.2) is 0 Å². The monoisotopic (exact) mass is 609 g/mol. The molecule has 9 N–H and O–H groups in total. The number of aliphatic hydroxyl groups is 4. The van der Waals surface area contributed by atoms with Gasteiger partial charge in [-0.05, 0) is 44.5 Å². The number of carbonyl (C=O) groups is 4. The molecule has 0 spiro atoms. The molecule has 2 amide bonds. The van der Waals surface area contributed by atoms with Gasteiger partial charge in [0.15, 0.2) is 17.1 Å². The average molecular weight is 610 g/mol. The number of phenolic OH excluding ortho intramolecular Hbond substituents is 1. The molecule has 230 valence electrons. The summed E-state index contributed by atoms with van der Waals surface area (Å²) in [6.07, 6.45) is 0.0797. The second-order valence-corrected chi connectivity index (χ2v) is 11.0. The van der Waals surface area contributed by atoms with Crippen LogP contribution in [0.25, 0.3) is 0 Å². The molecule has 0 bridgehead atoms. The first-order chi connectivity index (χ1) is 19.2. The number of amides is 2. The van der Waals surface area contributed by atoms with Crippen LogP contribution in [0.15, 0.2) is 28.7 Å². The predicted octanol–water partition coefficient (Wildman–Crippen LogP) is -0.871. The van der Waals surface area contributed by atoms with Gasteiger partial charge < -0.3 is 46.8 Å². The van der Waals surface area contributed by atoms with Crippen LogP contribution in [0.4, 0.5) is 11.4 Å². The van der Waals surface area contributed by atoms with E-state index in [1.807, 2.05) is 0 Å². The Balaban J connectivity index is 0.00000484. The fraction of sp³-hybridized carbons (Fsp3) is 0.481. The van der Waals surface area contributed by atoms with E-state index in [0.717, 1.165) is 0 Å². The van der Waals surface area contributed by atoms with Gasteiger partial charge >= 0.3 is 0 Å². The van der Waals surface area contributed by atoms with Gasteiger partial charge in [-0.15, -0.1) is 12.4 Å². The van der Waals surface area contributed by atoms with Gasteiger partial charge in [-0.1, -0.05) is 0 Å². The first-order valence-electron chi connectivity index (χ1n) is 13.0. The van der Waals surface area contributed by atoms with Crippen LogP contribution >= 0.6 is 12.4 Å². The molecule has 14 nitrogen and oxygen atoms in total. The van der Waals surface area contributed by atoms with Gasteiger partial charge in [0.1, 0.15) is 17.1 Å². The van der Waals surface area contributed by atoms with E-state index in [0.29, 0.717) is 11.3 Å². The standard InChI is InChI=1S/C27H35N5O9.ClH/c1-31(2)15-9-14(30-16(34)10-29-5-6-33)21(35)18-12(15)7-11-8-13-20(32(3)4)23(37)19(26(28)40)25(39)27(13,41)24(38)17(11)22(18)36;/h9,11,13,20,29,33,35,37-38,41H,5-8,10H2,1-4H3,(H2,28,40)(H,30,34);1H/t11?,13?,20-,27-;/m0./s1. The number of ketones is 2. The van der Waals surface area contributed by atoms with Crippen molar-refractivity contribution >= 4 is 47.2 Å². The summed E-state index contributed by atoms with van der Waals surface area (Å²) in [6, 6.07) is 0.429. The number of nitrogens with one attached hydrogen (secondary N) is 2. The Bertz CT molecular complexity index is 1410. The molecule has 4 atom stereocenters. The lowest BCUT2D eigenvalue weighted by Gasteiger charge is -2.50. The number of benzene rings is 1. The third-order valence-electron chi connectivity index (χ3n) is 8.03. The third-order valence-corrected chi connectivity index (χ3v) is 8.03. The van der Waals surface area contributed by atoms with E-state index in [-0.39, 0.29) is 61.8 Å². The number of phenols is 1. The molecule has 1 aromatic carbocycles. The molecule has 2 unspecified atom stereocenters. The molecule has 3 aliphatic carbocycles. The maximum atomic E-state index is 14.0. The Morgan fingerprint density at radius 2 is 1.79 bits per heavy atom. The van der Waals surface area contributed by atoms with Crippen LogP contribution in [-0.4, -0.2) is 113 Å². The summed E-state index contributed by atoms with van der Waals surface area (Å²) in [7, 11) is 6.55. The number of primary amides is 1. The fourth-order valence-electron chi connectivity index (χ4n) is 6.27. The molecule has 3 aliphatic rings. The van der Waals surface area contributed by atoms with E-state index in [9.17, 15) is 39.6 Å². The largest absolute Gasteiger partial charge is 0.510 e. The molecule has 0 radical (unpaired) electrons. The lowest BCUT2D eigenvalue weighted by atomic mass is 9.58. The van der Waals surface area contributed by atoms with Crippen molar-refractivity contribution in [3.8, 4) is 5.75 Å². The van der Waals surface area contributed by atoms with Crippen molar-refractivity contribution in [3.63, 3.8) is 0 Å². The molecule has 0 fully saturated rings. The molecule has 0 saturated carbocycles. The number of fused-ring (bicyclic) bond motifs is 3. The van der Waals surface area contributed by atoms with Crippen molar-refractivity contribution in [1.29, 1.82) is 0 Å². The summed E-state index contributed by atoms with van der Waals surface area (Å²) in [6.45, 7) is -0.193. The number of allylic oxidation sites excluding steroid dienone is 1. The number of rotatable bonds is 8. The molecule has 0 heterocycles. The molecule has 1 aromatic rings. The minimum absolute atomic E-state index is 0. The van der Waals surface area contributed by atoms with E-state index in [2.05, 4.69) is 10.6 Å². The summed E-state index contributed by atoms with van der Waals surface area (Å²) in [5, 5.41) is 59.3. The molecule has 0 aliphatic heterocycles. The Labute approximate surface area is 247 Å². The number of hydrogen-bond acceptors (Lipinski definition) is 12. The zero-order chi connectivity index (χ0) is 30.5. The van der Waals surface area contributed by atoms with Gasteiger partial charge in [0, 0.05) is 37.8 Å². The van der Waals surface area contributed by atoms with E-state index in [1.165, 1.54) is 11.0 Å². The number of halogens is 1. The molecule has 4 rings (SSSR count). The summed E-state index contributed by atoms with van der Waals surface area (Å²) in [5.41, 5.74) is 2.09. The lowest BCUT2D eigenvalue weighted by molar-refractivity contribution is -0.148. The number of carbonyl (C=O) groups excluding carboxylic acids is 4. The Kier molecular flexibility index (Phi) is 9.29. The summed E-state index contributed by atoms with van der Waals surface area (Å²) in [5.74, 6) is -8.04. The Hall–Kier alpha value is -3.69. The number of Topliss-reactive ketones (excluding diaryl/α,β-unsaturated/α-hetero) is 2. The molecule has 15 heteroatoms. The average Bonchev–Trinajstić information content (AvgIpc) is 2.87.